The van der Waals surface area contributed by atoms with Crippen molar-refractivity contribution in [2.45, 2.75) is 5.92 Å². The van der Waals surface area contributed by atoms with Crippen LogP contribution in [0, 0.1) is 5.92 Å². The molecule has 0 N–H and O–H groups in total. The van der Waals surface area contributed by atoms with Crippen LogP contribution in [0.1, 0.15) is 11.5 Å². The van der Waals surface area contributed by atoms with Crippen LogP contribution in [0.5, 0.6) is 11.5 Å². The third-order valence-electron chi connectivity index (χ3n) is 8.03. The number of nitrogens with zero attached hydrogens (tertiary/aromatic N) is 4. The van der Waals surface area contributed by atoms with Gasteiger partial charge in [0.2, 0.25) is 15.9 Å². The van der Waals surface area contributed by atoms with Crippen LogP contribution in [-0.4, -0.2) is 89.8 Å². The van der Waals surface area contributed by atoms with Crippen molar-refractivity contribution in [1.82, 2.24) is 9.21 Å². The molecular formula is C31H36N4O6S. The third-order valence-corrected chi connectivity index (χ3v) is 9.90. The zero-order valence-electron chi connectivity index (χ0n) is 24.1. The average molecular weight is 593 g/mol. The molecule has 11 heteroatoms. The highest BCUT2D eigenvalue weighted by Crippen LogP contribution is 2.38. The van der Waals surface area contributed by atoms with E-state index in [9.17, 15) is 13.2 Å². The van der Waals surface area contributed by atoms with Gasteiger partial charge in [-0.05, 0) is 29.3 Å². The summed E-state index contributed by atoms with van der Waals surface area (Å²) in [6, 6.07) is 15.3. The molecule has 2 saturated heterocycles. The van der Waals surface area contributed by atoms with Gasteiger partial charge in [-0.3, -0.25) is 4.79 Å². The van der Waals surface area contributed by atoms with E-state index in [1.54, 1.807) is 26.4 Å². The fraction of sp³-hybridized carbons (Fsp3) is 0.355. The molecule has 10 nitrogen and oxygen atoms in total. The highest BCUT2D eigenvalue weighted by Gasteiger charge is 2.46. The van der Waals surface area contributed by atoms with Gasteiger partial charge in [-0.1, -0.05) is 54.2 Å². The van der Waals surface area contributed by atoms with Crippen molar-refractivity contribution >= 4 is 27.3 Å². The minimum absolute atomic E-state index is 0.0117. The summed E-state index contributed by atoms with van der Waals surface area (Å²) in [5, 5.41) is 3.94. The van der Waals surface area contributed by atoms with E-state index in [-0.39, 0.29) is 35.5 Å². The highest BCUT2D eigenvalue weighted by atomic mass is 32.2. The number of sulfonamides is 1. The summed E-state index contributed by atoms with van der Waals surface area (Å²) < 4.78 is 40.3. The minimum atomic E-state index is -4.00. The third kappa shape index (κ3) is 5.66. The largest absolute Gasteiger partial charge is 0.497 e. The average Bonchev–Trinajstić information content (AvgIpc) is 3.48. The fourth-order valence-electron chi connectivity index (χ4n) is 5.81. The number of rotatable bonds is 8. The van der Waals surface area contributed by atoms with E-state index in [0.717, 1.165) is 22.7 Å². The van der Waals surface area contributed by atoms with Gasteiger partial charge in [-0.15, -0.1) is 0 Å². The van der Waals surface area contributed by atoms with E-state index < -0.39 is 15.9 Å². The molecule has 0 spiro atoms. The van der Waals surface area contributed by atoms with Crippen LogP contribution < -0.4 is 14.4 Å². The highest BCUT2D eigenvalue weighted by molar-refractivity contribution is 7.94. The first-order valence-corrected chi connectivity index (χ1v) is 15.2. The van der Waals surface area contributed by atoms with E-state index in [2.05, 4.69) is 16.6 Å². The molecule has 2 fully saturated rings. The summed E-state index contributed by atoms with van der Waals surface area (Å²) >= 11 is 0. The lowest BCUT2D eigenvalue weighted by Crippen LogP contribution is -2.51. The second-order valence-electron chi connectivity index (χ2n) is 10.3. The van der Waals surface area contributed by atoms with Crippen molar-refractivity contribution in [3.05, 3.63) is 89.4 Å². The summed E-state index contributed by atoms with van der Waals surface area (Å²) in [6.45, 7) is 6.39. The number of benzene rings is 2. The number of carbonyl (C=O) groups excluding carboxylic acids is 1. The van der Waals surface area contributed by atoms with Crippen LogP contribution >= 0.6 is 0 Å². The topological polar surface area (TPSA) is 101 Å². The Hall–Kier alpha value is -4.09. The fourth-order valence-corrected chi connectivity index (χ4v) is 7.46. The summed E-state index contributed by atoms with van der Waals surface area (Å²) in [4.78, 5) is 23.0. The number of anilines is 1. The van der Waals surface area contributed by atoms with Gasteiger partial charge < -0.3 is 24.1 Å². The van der Waals surface area contributed by atoms with Crippen LogP contribution in [0.3, 0.4) is 0 Å². The van der Waals surface area contributed by atoms with Gasteiger partial charge in [-0.2, -0.15) is 4.31 Å². The van der Waals surface area contributed by atoms with Gasteiger partial charge in [0.25, 0.3) is 0 Å². The first-order chi connectivity index (χ1) is 20.3. The molecule has 1 amide bonds. The quantitative estimate of drug-likeness (QED) is 0.433. The lowest BCUT2D eigenvalue weighted by molar-refractivity contribution is -0.135. The molecule has 2 atom stereocenters. The zero-order valence-corrected chi connectivity index (χ0v) is 24.9. The van der Waals surface area contributed by atoms with Crippen LogP contribution in [0.4, 0.5) is 5.69 Å². The Bertz CT molecular complexity index is 1530. The zero-order chi connectivity index (χ0) is 29.9. The van der Waals surface area contributed by atoms with Crippen LogP contribution in [0.15, 0.2) is 89.0 Å². The molecule has 222 valence electrons. The number of hydrogen-bond donors (Lipinski definition) is 0. The Labute approximate surface area is 247 Å². The van der Waals surface area contributed by atoms with Crippen molar-refractivity contribution < 1.29 is 27.5 Å². The van der Waals surface area contributed by atoms with Gasteiger partial charge in [0, 0.05) is 51.3 Å². The lowest BCUT2D eigenvalue weighted by Gasteiger charge is -2.38. The molecule has 2 aromatic carbocycles. The molecule has 0 bridgehead atoms. The van der Waals surface area contributed by atoms with E-state index in [1.807, 2.05) is 53.4 Å². The Morgan fingerprint density at radius 2 is 1.71 bits per heavy atom. The number of hydrogen-bond acceptors (Lipinski definition) is 8. The van der Waals surface area contributed by atoms with Crippen LogP contribution in [-0.2, 0) is 19.7 Å². The van der Waals surface area contributed by atoms with Crippen molar-refractivity contribution in [3.63, 3.8) is 0 Å². The van der Waals surface area contributed by atoms with Gasteiger partial charge in [0.1, 0.15) is 29.2 Å². The molecule has 1 aliphatic carbocycles. The predicted molar refractivity (Wildman–Crippen MR) is 162 cm³/mol. The predicted octanol–water partition coefficient (Wildman–Crippen LogP) is 3.41. The summed E-state index contributed by atoms with van der Waals surface area (Å²) in [5.41, 5.74) is 2.44. The van der Waals surface area contributed by atoms with Crippen LogP contribution in [0.25, 0.3) is 0 Å². The van der Waals surface area contributed by atoms with E-state index in [1.165, 1.54) is 17.5 Å². The van der Waals surface area contributed by atoms with Crippen molar-refractivity contribution in [1.29, 1.82) is 0 Å². The molecule has 42 heavy (non-hydrogen) atoms. The van der Waals surface area contributed by atoms with Gasteiger partial charge in [0.05, 0.1) is 25.8 Å². The van der Waals surface area contributed by atoms with E-state index in [0.29, 0.717) is 31.8 Å². The van der Waals surface area contributed by atoms with Gasteiger partial charge >= 0.3 is 0 Å². The number of amides is 1. The number of ether oxygens (including phenoxy) is 2. The Kier molecular flexibility index (Phi) is 8.69. The number of allylic oxidation sites excluding steroid dienone is 5. The maximum atomic E-state index is 14.1. The maximum Gasteiger partial charge on any atom is 0.245 e. The SMILES string of the molecule is C=C1C=CC=C(S(=O)(=O)N2CC(c3ccccc3)[C@H](C(=O)N3CCN(c4cc(OC)ccc4OC)CC3)C2)/C1=N/OC. The molecular weight excluding hydrogens is 556 g/mol. The van der Waals surface area contributed by atoms with Gasteiger partial charge in [0.15, 0.2) is 0 Å². The Morgan fingerprint density at radius 3 is 2.38 bits per heavy atom. The summed E-state index contributed by atoms with van der Waals surface area (Å²) in [7, 11) is 0.625. The normalized spacial score (nSPS) is 22.3. The second-order valence-corrected chi connectivity index (χ2v) is 12.2. The van der Waals surface area contributed by atoms with Crippen molar-refractivity contribution in [3.8, 4) is 11.5 Å². The first kappa shape index (κ1) is 29.4. The minimum Gasteiger partial charge on any atom is -0.497 e. The molecule has 2 aliphatic heterocycles. The van der Waals surface area contributed by atoms with E-state index in [4.69, 9.17) is 14.3 Å². The monoisotopic (exact) mass is 592 g/mol. The molecule has 3 aliphatic rings. The number of oxime groups is 1. The number of methoxy groups -OCH3 is 2. The van der Waals surface area contributed by atoms with Gasteiger partial charge in [-0.25, -0.2) is 8.42 Å². The second kappa shape index (κ2) is 12.4. The molecule has 1 unspecified atom stereocenters. The first-order valence-electron chi connectivity index (χ1n) is 13.8. The van der Waals surface area contributed by atoms with Crippen molar-refractivity contribution in [2.75, 3.05) is 65.5 Å². The maximum absolute atomic E-state index is 14.1. The Morgan fingerprint density at radius 1 is 0.976 bits per heavy atom. The van der Waals surface area contributed by atoms with Crippen LogP contribution in [0.2, 0.25) is 0 Å². The summed E-state index contributed by atoms with van der Waals surface area (Å²) in [6.07, 6.45) is 4.81. The smallest absolute Gasteiger partial charge is 0.245 e. The molecule has 0 aromatic heterocycles. The molecule has 2 aromatic rings. The molecule has 0 radical (unpaired) electrons. The lowest BCUT2D eigenvalue weighted by atomic mass is 9.88. The standard InChI is InChI=1S/C31H36N4O6S/c1-22-9-8-12-29(30(22)32-41-4)42(37,38)35-20-25(23-10-6-5-7-11-23)26(21-35)31(36)34-17-15-33(16-18-34)27-19-24(39-2)13-14-28(27)40-3/h5-14,19,25-26H,1,15-18,20-21H2,2-4H3/b32-30+/t25?,26-/m1/s1. The molecule has 5 rings (SSSR count). The number of piperazine rings is 1. The Balaban J connectivity index is 1.38. The molecule has 2 heterocycles. The number of carbonyl (C=O) groups is 1. The van der Waals surface area contributed by atoms with Crippen molar-refractivity contribution in [2.24, 2.45) is 11.1 Å². The summed E-state index contributed by atoms with van der Waals surface area (Å²) in [5.74, 6) is 0.587. The van der Waals surface area contributed by atoms with E-state index >= 15 is 0 Å². The molecule has 0 saturated carbocycles.